The second-order valence-electron chi connectivity index (χ2n) is 7.89. The lowest BCUT2D eigenvalue weighted by atomic mass is 10.1. The van der Waals surface area contributed by atoms with Gasteiger partial charge in [-0.2, -0.15) is 0 Å². The molecule has 3 heterocycles. The van der Waals surface area contributed by atoms with E-state index in [0.29, 0.717) is 23.4 Å². The van der Waals surface area contributed by atoms with Crippen molar-refractivity contribution in [2.24, 2.45) is 0 Å². The van der Waals surface area contributed by atoms with Gasteiger partial charge in [-0.25, -0.2) is 4.98 Å². The van der Waals surface area contributed by atoms with Crippen LogP contribution in [0.3, 0.4) is 0 Å². The fourth-order valence-electron chi connectivity index (χ4n) is 4.73. The molecule has 4 aromatic rings. The van der Waals surface area contributed by atoms with Gasteiger partial charge in [0.15, 0.2) is 5.82 Å². The third-order valence-corrected chi connectivity index (χ3v) is 6.08. The van der Waals surface area contributed by atoms with Crippen LogP contribution in [0, 0.1) is 12.3 Å². The van der Waals surface area contributed by atoms with E-state index in [-0.39, 0.29) is 6.61 Å². The van der Waals surface area contributed by atoms with Crippen molar-refractivity contribution in [3.05, 3.63) is 42.0 Å². The first kappa shape index (κ1) is 20.2. The number of anilines is 1. The van der Waals surface area contributed by atoms with Crippen LogP contribution in [0.2, 0.25) is 0 Å². The van der Waals surface area contributed by atoms with Gasteiger partial charge in [0.2, 0.25) is 0 Å². The summed E-state index contributed by atoms with van der Waals surface area (Å²) < 4.78 is 9.86. The Morgan fingerprint density at radius 3 is 2.88 bits per heavy atom. The lowest BCUT2D eigenvalue weighted by Crippen LogP contribution is -2.32. The average molecular weight is 428 g/mol. The van der Waals surface area contributed by atoms with Crippen molar-refractivity contribution >= 4 is 33.9 Å². The number of carbonyl (C=O) groups is 1. The number of rotatable bonds is 7. The minimum Gasteiger partial charge on any atom is -0.494 e. The summed E-state index contributed by atoms with van der Waals surface area (Å²) in [4.78, 5) is 18.7. The Hall–Kier alpha value is -3.76. The summed E-state index contributed by atoms with van der Waals surface area (Å²) >= 11 is 0. The highest BCUT2D eigenvalue weighted by molar-refractivity contribution is 5.98. The number of nitrogens with zero attached hydrogens (tertiary/aromatic N) is 4. The normalized spacial score (nSPS) is 13.0. The van der Waals surface area contributed by atoms with Gasteiger partial charge in [-0.3, -0.25) is 4.79 Å². The largest absolute Gasteiger partial charge is 0.494 e. The molecule has 5 rings (SSSR count). The summed E-state index contributed by atoms with van der Waals surface area (Å²) in [7, 11) is 1.58. The van der Waals surface area contributed by atoms with Crippen molar-refractivity contribution in [3.63, 3.8) is 0 Å². The first-order chi connectivity index (χ1) is 15.7. The summed E-state index contributed by atoms with van der Waals surface area (Å²) in [6, 6.07) is 11.9. The maximum Gasteiger partial charge on any atom is 0.158 e. The molecule has 0 aliphatic carbocycles. The molecular formula is C25H24N4O3. The van der Waals surface area contributed by atoms with Crippen LogP contribution in [0.4, 0.5) is 5.69 Å². The highest BCUT2D eigenvalue weighted by atomic mass is 16.5. The molecule has 7 nitrogen and oxygen atoms in total. The Morgan fingerprint density at radius 1 is 1.25 bits per heavy atom. The van der Waals surface area contributed by atoms with E-state index in [1.807, 2.05) is 4.57 Å². The lowest BCUT2D eigenvalue weighted by molar-refractivity contribution is 0.112. The van der Waals surface area contributed by atoms with E-state index in [0.717, 1.165) is 66.0 Å². The van der Waals surface area contributed by atoms with E-state index in [1.165, 1.54) is 0 Å². The Bertz CT molecular complexity index is 1380. The molecular weight excluding hydrogens is 404 g/mol. The molecule has 0 atom stereocenters. The van der Waals surface area contributed by atoms with Crippen molar-refractivity contribution in [2.75, 3.05) is 31.7 Å². The molecule has 0 bridgehead atoms. The van der Waals surface area contributed by atoms with Gasteiger partial charge >= 0.3 is 0 Å². The molecule has 1 aliphatic heterocycles. The van der Waals surface area contributed by atoms with Crippen LogP contribution < -0.4 is 9.64 Å². The number of imidazole rings is 1. The van der Waals surface area contributed by atoms with Crippen molar-refractivity contribution in [2.45, 2.75) is 19.5 Å². The molecule has 0 saturated heterocycles. The second-order valence-corrected chi connectivity index (χ2v) is 7.89. The number of hydrogen-bond acceptors (Lipinski definition) is 5. The molecule has 32 heavy (non-hydrogen) atoms. The van der Waals surface area contributed by atoms with Gasteiger partial charge in [0.25, 0.3) is 0 Å². The van der Waals surface area contributed by atoms with Gasteiger partial charge in [-0.1, -0.05) is 18.1 Å². The SMILES string of the molecule is C#CCn1c(-c2cc3cccc4c3n2CCN4CCCO)nc2cc(C=O)cc(OC)c21. The number of fused-ring (bicyclic) bond motifs is 1. The Labute approximate surface area is 185 Å². The van der Waals surface area contributed by atoms with Crippen molar-refractivity contribution < 1.29 is 14.6 Å². The molecule has 0 amide bonds. The molecule has 162 valence electrons. The third kappa shape index (κ3) is 3.03. The number of methoxy groups -OCH3 is 1. The van der Waals surface area contributed by atoms with E-state index in [1.54, 1.807) is 19.2 Å². The topological polar surface area (TPSA) is 72.5 Å². The highest BCUT2D eigenvalue weighted by Crippen LogP contribution is 2.39. The van der Waals surface area contributed by atoms with Crippen LogP contribution in [-0.2, 0) is 13.1 Å². The molecule has 0 fully saturated rings. The van der Waals surface area contributed by atoms with Gasteiger partial charge < -0.3 is 23.9 Å². The lowest BCUT2D eigenvalue weighted by Gasteiger charge is -2.31. The van der Waals surface area contributed by atoms with Crippen LogP contribution in [-0.4, -0.2) is 52.3 Å². The molecule has 0 unspecified atom stereocenters. The maximum atomic E-state index is 11.4. The van der Waals surface area contributed by atoms with E-state index in [2.05, 4.69) is 39.7 Å². The Balaban J connectivity index is 1.76. The van der Waals surface area contributed by atoms with Gasteiger partial charge in [-0.15, -0.1) is 6.42 Å². The number of ether oxygens (including phenoxy) is 1. The Morgan fingerprint density at radius 2 is 2.12 bits per heavy atom. The van der Waals surface area contributed by atoms with Crippen LogP contribution in [0.5, 0.6) is 5.75 Å². The molecule has 2 aromatic heterocycles. The zero-order chi connectivity index (χ0) is 22.2. The van der Waals surface area contributed by atoms with E-state index in [4.69, 9.17) is 16.1 Å². The molecule has 0 saturated carbocycles. The van der Waals surface area contributed by atoms with Crippen LogP contribution >= 0.6 is 0 Å². The number of aliphatic hydroxyl groups excluding tert-OH is 1. The predicted molar refractivity (Wildman–Crippen MR) is 125 cm³/mol. The Kier molecular flexibility index (Phi) is 5.08. The van der Waals surface area contributed by atoms with E-state index >= 15 is 0 Å². The summed E-state index contributed by atoms with van der Waals surface area (Å²) in [5.41, 5.74) is 5.27. The number of para-hydroxylation sites is 1. The first-order valence-electron chi connectivity index (χ1n) is 10.7. The van der Waals surface area contributed by atoms with E-state index in [9.17, 15) is 9.90 Å². The summed E-state index contributed by atoms with van der Waals surface area (Å²) in [5.74, 6) is 4.06. The van der Waals surface area contributed by atoms with Crippen LogP contribution in [0.15, 0.2) is 36.4 Å². The van der Waals surface area contributed by atoms with E-state index < -0.39 is 0 Å². The number of benzene rings is 2. The number of carbonyl (C=O) groups excluding carboxylic acids is 1. The van der Waals surface area contributed by atoms with Crippen molar-refractivity contribution in [3.8, 4) is 29.6 Å². The fraction of sp³-hybridized carbons (Fsp3) is 0.280. The fourth-order valence-corrected chi connectivity index (χ4v) is 4.73. The highest BCUT2D eigenvalue weighted by Gasteiger charge is 2.25. The van der Waals surface area contributed by atoms with Gasteiger partial charge in [0.05, 0.1) is 36.1 Å². The summed E-state index contributed by atoms with van der Waals surface area (Å²) in [6.07, 6.45) is 7.25. The van der Waals surface area contributed by atoms with Gasteiger partial charge in [-0.05, 0) is 30.7 Å². The zero-order valence-electron chi connectivity index (χ0n) is 17.9. The molecule has 0 radical (unpaired) electrons. The number of aliphatic hydroxyl groups is 1. The summed E-state index contributed by atoms with van der Waals surface area (Å²) in [6.45, 7) is 2.98. The van der Waals surface area contributed by atoms with Crippen LogP contribution in [0.1, 0.15) is 16.8 Å². The molecule has 7 heteroatoms. The number of aromatic nitrogens is 3. The molecule has 2 aromatic carbocycles. The minimum absolute atomic E-state index is 0.180. The minimum atomic E-state index is 0.180. The third-order valence-electron chi connectivity index (χ3n) is 6.08. The number of hydrogen-bond donors (Lipinski definition) is 1. The smallest absolute Gasteiger partial charge is 0.158 e. The number of terminal acetylenes is 1. The first-order valence-corrected chi connectivity index (χ1v) is 10.7. The molecule has 0 spiro atoms. The van der Waals surface area contributed by atoms with Crippen LogP contribution in [0.25, 0.3) is 33.5 Å². The monoisotopic (exact) mass is 428 g/mol. The van der Waals surface area contributed by atoms with Crippen molar-refractivity contribution in [1.82, 2.24) is 14.1 Å². The van der Waals surface area contributed by atoms with Gasteiger partial charge in [0, 0.05) is 37.2 Å². The second kappa shape index (κ2) is 8.06. The molecule has 1 N–H and O–H groups in total. The molecule has 1 aliphatic rings. The zero-order valence-corrected chi connectivity index (χ0v) is 17.9. The average Bonchev–Trinajstić information content (AvgIpc) is 3.37. The number of aldehydes is 1. The summed E-state index contributed by atoms with van der Waals surface area (Å²) in [5, 5.41) is 10.4. The van der Waals surface area contributed by atoms with Crippen molar-refractivity contribution in [1.29, 1.82) is 0 Å². The van der Waals surface area contributed by atoms with Gasteiger partial charge in [0.1, 0.15) is 17.6 Å². The maximum absolute atomic E-state index is 11.4. The predicted octanol–water partition coefficient (Wildman–Crippen LogP) is 3.31. The standard InChI is InChI=1S/C25H24N4O3/c1-3-8-29-24-19(13-17(16-31)14-22(24)32-2)26-25(29)21-15-18-6-4-7-20-23(18)28(21)11-10-27(20)9-5-12-30/h1,4,6-7,13-16,30H,5,8-12H2,2H3. The quantitative estimate of drug-likeness (QED) is 0.361.